The van der Waals surface area contributed by atoms with Crippen molar-refractivity contribution >= 4 is 34.2 Å². The molecule has 1 fully saturated rings. The molecule has 0 saturated heterocycles. The van der Waals surface area contributed by atoms with Crippen LogP contribution in [0.15, 0.2) is 12.2 Å². The molecule has 4 rings (SSSR count). The highest BCUT2D eigenvalue weighted by molar-refractivity contribution is 7.17. The minimum absolute atomic E-state index is 0.0493. The Balaban J connectivity index is 1.63. The van der Waals surface area contributed by atoms with Crippen molar-refractivity contribution in [3.8, 4) is 0 Å². The third-order valence-corrected chi connectivity index (χ3v) is 7.79. The van der Waals surface area contributed by atoms with E-state index in [2.05, 4.69) is 12.2 Å². The molecule has 1 saturated carbocycles. The summed E-state index contributed by atoms with van der Waals surface area (Å²) >= 11 is 1.44. The van der Waals surface area contributed by atoms with Gasteiger partial charge in [0.1, 0.15) is 5.00 Å². The summed E-state index contributed by atoms with van der Waals surface area (Å²) in [6.07, 6.45) is 8.41. The Morgan fingerprint density at radius 3 is 2.61 bits per heavy atom. The Morgan fingerprint density at radius 1 is 1.25 bits per heavy atom. The zero-order valence-corrected chi connectivity index (χ0v) is 16.9. The van der Waals surface area contributed by atoms with Crippen LogP contribution in [0.5, 0.6) is 0 Å². The van der Waals surface area contributed by atoms with Gasteiger partial charge < -0.3 is 15.2 Å². The van der Waals surface area contributed by atoms with Gasteiger partial charge in [-0.15, -0.1) is 11.3 Å². The molecular weight excluding hydrogens is 378 g/mol. The summed E-state index contributed by atoms with van der Waals surface area (Å²) < 4.78 is 4.98. The lowest BCUT2D eigenvalue weighted by atomic mass is 9.82. The van der Waals surface area contributed by atoms with E-state index in [-0.39, 0.29) is 17.7 Å². The number of ether oxygens (including phenoxy) is 1. The number of anilines is 1. The first-order chi connectivity index (χ1) is 13.4. The number of nitrogens with one attached hydrogen (secondary N) is 1. The van der Waals surface area contributed by atoms with Gasteiger partial charge in [-0.05, 0) is 49.0 Å². The molecule has 1 amide bonds. The average molecular weight is 404 g/mol. The number of carbonyl (C=O) groups excluding carboxylic acids is 2. The van der Waals surface area contributed by atoms with Crippen LogP contribution in [-0.2, 0) is 27.2 Å². The van der Waals surface area contributed by atoms with Crippen molar-refractivity contribution in [3.63, 3.8) is 0 Å². The van der Waals surface area contributed by atoms with Gasteiger partial charge in [0.25, 0.3) is 0 Å². The molecule has 3 aliphatic rings. The molecule has 2 bridgehead atoms. The van der Waals surface area contributed by atoms with Crippen LogP contribution in [-0.4, -0.2) is 30.1 Å². The predicted octanol–water partition coefficient (Wildman–Crippen LogP) is 3.51. The third-order valence-electron chi connectivity index (χ3n) is 6.62. The first-order valence-corrected chi connectivity index (χ1v) is 10.7. The summed E-state index contributed by atoms with van der Waals surface area (Å²) in [5.74, 6) is -2.51. The lowest BCUT2D eigenvalue weighted by Crippen LogP contribution is -2.36. The number of hydrogen-bond acceptors (Lipinski definition) is 5. The Kier molecular flexibility index (Phi) is 5.04. The van der Waals surface area contributed by atoms with Crippen molar-refractivity contribution in [1.82, 2.24) is 0 Å². The van der Waals surface area contributed by atoms with Crippen LogP contribution in [0.4, 0.5) is 5.00 Å². The summed E-state index contributed by atoms with van der Waals surface area (Å²) in [4.78, 5) is 38.4. The fourth-order valence-electron chi connectivity index (χ4n) is 5.12. The van der Waals surface area contributed by atoms with Gasteiger partial charge in [0.15, 0.2) is 0 Å². The predicted molar refractivity (Wildman–Crippen MR) is 105 cm³/mol. The van der Waals surface area contributed by atoms with Gasteiger partial charge in [0, 0.05) is 4.88 Å². The summed E-state index contributed by atoms with van der Waals surface area (Å²) in [5.41, 5.74) is 1.44. The fraction of sp³-hybridized carbons (Fsp3) is 0.571. The Labute approximate surface area is 168 Å². The van der Waals surface area contributed by atoms with E-state index in [1.54, 1.807) is 0 Å². The van der Waals surface area contributed by atoms with Crippen LogP contribution in [0, 0.1) is 29.6 Å². The number of carboxylic acids is 1. The number of fused-ring (bicyclic) bond motifs is 3. The Bertz CT molecular complexity index is 857. The van der Waals surface area contributed by atoms with Gasteiger partial charge in [-0.2, -0.15) is 0 Å². The maximum atomic E-state index is 13.1. The highest BCUT2D eigenvalue weighted by Crippen LogP contribution is 2.49. The number of carbonyl (C=O) groups is 3. The Hall–Kier alpha value is -2.15. The molecule has 150 valence electrons. The summed E-state index contributed by atoms with van der Waals surface area (Å²) in [5, 5.41) is 13.0. The molecule has 6 nitrogen and oxygen atoms in total. The molecule has 1 aromatic rings. The number of aliphatic carboxylic acids is 1. The average Bonchev–Trinajstić information content (AvgIpc) is 3.38. The molecule has 0 unspecified atom stereocenters. The molecule has 0 radical (unpaired) electrons. The number of rotatable bonds is 5. The molecule has 1 heterocycles. The second-order valence-corrected chi connectivity index (χ2v) is 9.15. The second kappa shape index (κ2) is 7.35. The molecule has 0 spiro atoms. The van der Waals surface area contributed by atoms with Crippen molar-refractivity contribution in [3.05, 3.63) is 28.2 Å². The van der Waals surface area contributed by atoms with Crippen LogP contribution in [0.1, 0.15) is 47.0 Å². The summed E-state index contributed by atoms with van der Waals surface area (Å²) in [7, 11) is 1.34. The van der Waals surface area contributed by atoms with Crippen molar-refractivity contribution in [2.45, 2.75) is 39.0 Å². The van der Waals surface area contributed by atoms with Crippen LogP contribution in [0.25, 0.3) is 0 Å². The molecule has 28 heavy (non-hydrogen) atoms. The zero-order valence-electron chi connectivity index (χ0n) is 16.1. The summed E-state index contributed by atoms with van der Waals surface area (Å²) in [6.45, 7) is 2.17. The van der Waals surface area contributed by atoms with Gasteiger partial charge >= 0.3 is 11.9 Å². The zero-order chi connectivity index (χ0) is 20.0. The number of allylic oxidation sites excluding steroid dienone is 2. The summed E-state index contributed by atoms with van der Waals surface area (Å²) in [6, 6.07) is 0. The number of amides is 1. The van der Waals surface area contributed by atoms with Crippen molar-refractivity contribution in [2.75, 3.05) is 12.4 Å². The van der Waals surface area contributed by atoms with Crippen LogP contribution >= 0.6 is 11.3 Å². The molecular formula is C21H25NO5S. The SMILES string of the molecule is CC[C@H]1CCc2c(sc(NC(=O)[C@H]3[C@@H](C(=O)O)[C@H]4C=C[C@@H]3C4)c2C(=O)OC)C1. The van der Waals surface area contributed by atoms with E-state index in [1.165, 1.54) is 18.4 Å². The van der Waals surface area contributed by atoms with Gasteiger partial charge in [0.2, 0.25) is 5.91 Å². The first kappa shape index (κ1) is 19.2. The van der Waals surface area contributed by atoms with Crippen molar-refractivity contribution < 1.29 is 24.2 Å². The lowest BCUT2D eigenvalue weighted by molar-refractivity contribution is -0.146. The van der Waals surface area contributed by atoms with E-state index < -0.39 is 23.8 Å². The van der Waals surface area contributed by atoms with E-state index >= 15 is 0 Å². The normalized spacial score (nSPS) is 30.1. The van der Waals surface area contributed by atoms with E-state index in [1.807, 2.05) is 12.2 Å². The van der Waals surface area contributed by atoms with E-state index in [4.69, 9.17) is 4.74 Å². The maximum Gasteiger partial charge on any atom is 0.341 e. The molecule has 2 N–H and O–H groups in total. The smallest absolute Gasteiger partial charge is 0.341 e. The van der Waals surface area contributed by atoms with Gasteiger partial charge in [0.05, 0.1) is 24.5 Å². The van der Waals surface area contributed by atoms with E-state index in [0.717, 1.165) is 36.1 Å². The topological polar surface area (TPSA) is 92.7 Å². The number of hydrogen-bond donors (Lipinski definition) is 2. The largest absolute Gasteiger partial charge is 0.481 e. The van der Waals surface area contributed by atoms with E-state index in [9.17, 15) is 19.5 Å². The molecule has 0 aliphatic heterocycles. The second-order valence-electron chi connectivity index (χ2n) is 8.04. The first-order valence-electron chi connectivity index (χ1n) is 9.89. The minimum atomic E-state index is -0.929. The minimum Gasteiger partial charge on any atom is -0.481 e. The quantitative estimate of drug-likeness (QED) is 0.580. The lowest BCUT2D eigenvalue weighted by Gasteiger charge is -2.23. The highest BCUT2D eigenvalue weighted by Gasteiger charge is 2.51. The standard InChI is InChI=1S/C21H25NO5S/c1-3-10-4-7-13-14(8-10)28-19(17(13)21(26)27-2)22-18(23)15-11-5-6-12(9-11)16(15)20(24)25/h5-6,10-12,15-16H,3-4,7-9H2,1-2H3,(H,22,23)(H,24,25)/t10-,11+,12-,15+,16-/m0/s1. The highest BCUT2D eigenvalue weighted by atomic mass is 32.1. The van der Waals surface area contributed by atoms with Crippen LogP contribution in [0.2, 0.25) is 0 Å². The van der Waals surface area contributed by atoms with Gasteiger partial charge in [-0.25, -0.2) is 4.79 Å². The van der Waals surface area contributed by atoms with Crippen LogP contribution in [0.3, 0.4) is 0 Å². The van der Waals surface area contributed by atoms with Gasteiger partial charge in [-0.1, -0.05) is 25.5 Å². The monoisotopic (exact) mass is 403 g/mol. The fourth-order valence-corrected chi connectivity index (χ4v) is 6.47. The molecule has 0 aromatic carbocycles. The van der Waals surface area contributed by atoms with Crippen LogP contribution < -0.4 is 5.32 Å². The van der Waals surface area contributed by atoms with Crippen molar-refractivity contribution in [2.24, 2.45) is 29.6 Å². The van der Waals surface area contributed by atoms with Crippen molar-refractivity contribution in [1.29, 1.82) is 0 Å². The Morgan fingerprint density at radius 2 is 1.96 bits per heavy atom. The maximum absolute atomic E-state index is 13.1. The molecule has 1 aromatic heterocycles. The number of esters is 1. The molecule has 3 aliphatic carbocycles. The molecule has 7 heteroatoms. The third kappa shape index (κ3) is 3.05. The number of thiophene rings is 1. The number of methoxy groups -OCH3 is 1. The molecule has 5 atom stereocenters. The number of carboxylic acid groups (broad SMARTS) is 1. The van der Waals surface area contributed by atoms with E-state index in [0.29, 0.717) is 22.9 Å². The van der Waals surface area contributed by atoms with Gasteiger partial charge in [-0.3, -0.25) is 9.59 Å².